The third kappa shape index (κ3) is 1.96. The number of hydrogen-bond donors (Lipinski definition) is 1. The Labute approximate surface area is 104 Å². The Hall–Kier alpha value is -2.26. The van der Waals surface area contributed by atoms with Gasteiger partial charge in [0.15, 0.2) is 5.58 Å². The second-order valence-electron chi connectivity index (χ2n) is 4.31. The van der Waals surface area contributed by atoms with Crippen LogP contribution in [0.5, 0.6) is 0 Å². The summed E-state index contributed by atoms with van der Waals surface area (Å²) in [6.45, 7) is 1.13. The quantitative estimate of drug-likeness (QED) is 0.801. The number of anilines is 1. The van der Waals surface area contributed by atoms with Gasteiger partial charge in [-0.3, -0.25) is 4.57 Å². The van der Waals surface area contributed by atoms with Crippen LogP contribution in [-0.2, 0) is 6.54 Å². The van der Waals surface area contributed by atoms with Crippen molar-refractivity contribution < 1.29 is 4.42 Å². The van der Waals surface area contributed by atoms with Crippen LogP contribution in [0.3, 0.4) is 0 Å². The largest absolute Gasteiger partial charge is 0.420 e. The fourth-order valence-corrected chi connectivity index (χ4v) is 1.80. The number of nitrogens with two attached hydrogens (primary N) is 1. The van der Waals surface area contributed by atoms with Gasteiger partial charge in [0.1, 0.15) is 17.1 Å². The van der Waals surface area contributed by atoms with Crippen molar-refractivity contribution in [2.75, 3.05) is 26.4 Å². The first-order chi connectivity index (χ1) is 8.54. The van der Waals surface area contributed by atoms with E-state index in [1.165, 1.54) is 4.57 Å². The second-order valence-corrected chi connectivity index (χ2v) is 4.31. The zero-order chi connectivity index (χ0) is 13.3. The first-order valence-corrected chi connectivity index (χ1v) is 5.51. The number of benzene rings is 1. The van der Waals surface area contributed by atoms with Gasteiger partial charge in [0.05, 0.1) is 5.69 Å². The minimum atomic E-state index is -0.464. The fourth-order valence-electron chi connectivity index (χ4n) is 1.80. The first-order valence-electron chi connectivity index (χ1n) is 5.51. The Morgan fingerprint density at radius 3 is 2.83 bits per heavy atom. The maximum atomic E-state index is 11.8. The highest BCUT2D eigenvalue weighted by Crippen LogP contribution is 2.22. The molecule has 0 spiro atoms. The van der Waals surface area contributed by atoms with E-state index >= 15 is 0 Å². The van der Waals surface area contributed by atoms with Gasteiger partial charge in [0.2, 0.25) is 0 Å². The maximum Gasteiger partial charge on any atom is 0.420 e. The zero-order valence-corrected chi connectivity index (χ0v) is 10.3. The number of fused-ring (bicyclic) bond motifs is 1. The van der Waals surface area contributed by atoms with Crippen molar-refractivity contribution in [1.82, 2.24) is 9.47 Å². The van der Waals surface area contributed by atoms with Crippen molar-refractivity contribution in [1.29, 1.82) is 5.26 Å². The molecule has 0 aliphatic carbocycles. The van der Waals surface area contributed by atoms with E-state index in [0.29, 0.717) is 29.9 Å². The topological polar surface area (TPSA) is 88.2 Å². The van der Waals surface area contributed by atoms with Gasteiger partial charge in [-0.05, 0) is 26.2 Å². The molecule has 1 heterocycles. The summed E-state index contributed by atoms with van der Waals surface area (Å²) in [5.74, 6) is -0.464. The summed E-state index contributed by atoms with van der Waals surface area (Å²) >= 11 is 0. The van der Waals surface area contributed by atoms with Crippen LogP contribution in [0.15, 0.2) is 21.3 Å². The van der Waals surface area contributed by atoms with Crippen LogP contribution in [0.1, 0.15) is 5.56 Å². The molecule has 18 heavy (non-hydrogen) atoms. The van der Waals surface area contributed by atoms with Gasteiger partial charge in [-0.15, -0.1) is 0 Å². The molecule has 0 atom stereocenters. The molecule has 0 saturated heterocycles. The zero-order valence-electron chi connectivity index (χ0n) is 10.3. The van der Waals surface area contributed by atoms with Crippen LogP contribution in [0, 0.1) is 11.3 Å². The highest BCUT2D eigenvalue weighted by atomic mass is 16.4. The Bertz CT molecular complexity index is 676. The number of aromatic nitrogens is 1. The fraction of sp³-hybridized carbons (Fsp3) is 0.333. The Morgan fingerprint density at radius 1 is 1.50 bits per heavy atom. The molecule has 2 rings (SSSR count). The van der Waals surface area contributed by atoms with Gasteiger partial charge in [0, 0.05) is 13.1 Å². The Balaban J connectivity index is 2.65. The molecular formula is C12H14N4O2. The first kappa shape index (κ1) is 12.2. The predicted molar refractivity (Wildman–Crippen MR) is 68.2 cm³/mol. The molecule has 0 fully saturated rings. The summed E-state index contributed by atoms with van der Waals surface area (Å²) in [6, 6.07) is 5.20. The molecule has 0 unspecified atom stereocenters. The number of nitriles is 1. The van der Waals surface area contributed by atoms with E-state index in [2.05, 4.69) is 0 Å². The lowest BCUT2D eigenvalue weighted by Gasteiger charge is -2.10. The van der Waals surface area contributed by atoms with E-state index in [0.717, 1.165) is 0 Å². The van der Waals surface area contributed by atoms with Crippen LogP contribution in [0.25, 0.3) is 11.1 Å². The minimum absolute atomic E-state index is 0.289. The smallest absolute Gasteiger partial charge is 0.408 e. The van der Waals surface area contributed by atoms with E-state index in [9.17, 15) is 4.79 Å². The molecule has 0 radical (unpaired) electrons. The number of oxazole rings is 1. The Morgan fingerprint density at radius 2 is 2.22 bits per heavy atom. The molecule has 6 heteroatoms. The van der Waals surface area contributed by atoms with E-state index in [1.807, 2.05) is 25.1 Å². The highest BCUT2D eigenvalue weighted by molar-refractivity contribution is 5.85. The third-order valence-electron chi connectivity index (χ3n) is 2.74. The predicted octanol–water partition coefficient (Wildman–Crippen LogP) is 0.610. The molecule has 0 bridgehead atoms. The van der Waals surface area contributed by atoms with Crippen molar-refractivity contribution in [3.8, 4) is 6.07 Å². The van der Waals surface area contributed by atoms with E-state index < -0.39 is 5.76 Å². The molecule has 0 amide bonds. The van der Waals surface area contributed by atoms with E-state index in [1.54, 1.807) is 12.1 Å². The number of rotatable bonds is 3. The third-order valence-corrected chi connectivity index (χ3v) is 2.74. The lowest BCUT2D eigenvalue weighted by molar-refractivity contribution is 0.374. The normalized spacial score (nSPS) is 11.0. The number of hydrogen-bond acceptors (Lipinski definition) is 5. The van der Waals surface area contributed by atoms with Crippen molar-refractivity contribution in [3.63, 3.8) is 0 Å². The SMILES string of the molecule is CN(C)CCn1c(=O)oc2ccc(N)c(C#N)c21. The van der Waals surface area contributed by atoms with Gasteiger partial charge >= 0.3 is 5.76 Å². The summed E-state index contributed by atoms with van der Waals surface area (Å²) in [7, 11) is 3.82. The summed E-state index contributed by atoms with van der Waals surface area (Å²) in [4.78, 5) is 13.7. The van der Waals surface area contributed by atoms with E-state index in [4.69, 9.17) is 15.4 Å². The molecule has 1 aromatic carbocycles. The monoisotopic (exact) mass is 246 g/mol. The van der Waals surface area contributed by atoms with Crippen LogP contribution >= 0.6 is 0 Å². The van der Waals surface area contributed by atoms with Crippen molar-refractivity contribution in [2.45, 2.75) is 6.54 Å². The van der Waals surface area contributed by atoms with Crippen LogP contribution in [-0.4, -0.2) is 30.1 Å². The van der Waals surface area contributed by atoms with Crippen molar-refractivity contribution >= 4 is 16.8 Å². The summed E-state index contributed by atoms with van der Waals surface area (Å²) in [5.41, 5.74) is 7.25. The lowest BCUT2D eigenvalue weighted by Crippen LogP contribution is -2.24. The Kier molecular flexibility index (Phi) is 3.08. The van der Waals surface area contributed by atoms with Crippen molar-refractivity contribution in [3.05, 3.63) is 28.2 Å². The standard InChI is InChI=1S/C12H14N4O2/c1-15(2)5-6-16-11-8(7-13)9(14)3-4-10(11)18-12(16)17/h3-4H,5-6,14H2,1-2H3. The van der Waals surface area contributed by atoms with Crippen LogP contribution in [0.2, 0.25) is 0 Å². The highest BCUT2D eigenvalue weighted by Gasteiger charge is 2.15. The molecule has 6 nitrogen and oxygen atoms in total. The van der Waals surface area contributed by atoms with Gasteiger partial charge in [-0.2, -0.15) is 5.26 Å². The van der Waals surface area contributed by atoms with Crippen molar-refractivity contribution in [2.24, 2.45) is 0 Å². The van der Waals surface area contributed by atoms with E-state index in [-0.39, 0.29) is 5.56 Å². The average molecular weight is 246 g/mol. The molecule has 2 aromatic rings. The number of nitrogens with zero attached hydrogens (tertiary/aromatic N) is 3. The van der Waals surface area contributed by atoms with Gasteiger partial charge in [-0.25, -0.2) is 4.79 Å². The number of nitrogen functional groups attached to an aromatic ring is 1. The van der Waals surface area contributed by atoms with Crippen LogP contribution in [0.4, 0.5) is 5.69 Å². The molecule has 1 aromatic heterocycles. The average Bonchev–Trinajstić information content (AvgIpc) is 2.63. The summed E-state index contributed by atoms with van der Waals surface area (Å²) in [6.07, 6.45) is 0. The minimum Gasteiger partial charge on any atom is -0.408 e. The summed E-state index contributed by atoms with van der Waals surface area (Å²) < 4.78 is 6.56. The maximum absolute atomic E-state index is 11.8. The number of likely N-dealkylation sites (N-methyl/N-ethyl adjacent to an activating group) is 1. The second kappa shape index (κ2) is 4.55. The van der Waals surface area contributed by atoms with Crippen LogP contribution < -0.4 is 11.5 Å². The molecule has 0 aliphatic rings. The van der Waals surface area contributed by atoms with Gasteiger partial charge in [-0.1, -0.05) is 0 Å². The van der Waals surface area contributed by atoms with Gasteiger partial charge in [0.25, 0.3) is 0 Å². The molecular weight excluding hydrogens is 232 g/mol. The molecule has 0 aliphatic heterocycles. The molecule has 0 saturated carbocycles. The molecule has 94 valence electrons. The molecule has 2 N–H and O–H groups in total. The lowest BCUT2D eigenvalue weighted by atomic mass is 10.1. The van der Waals surface area contributed by atoms with Gasteiger partial charge < -0.3 is 15.1 Å². The summed E-state index contributed by atoms with van der Waals surface area (Å²) in [5, 5.41) is 9.13.